The number of nitrogens with one attached hydrogen (secondary N) is 1. The van der Waals surface area contributed by atoms with Crippen molar-refractivity contribution in [3.8, 4) is 0 Å². The van der Waals surface area contributed by atoms with Crippen LogP contribution in [0.1, 0.15) is 72.1 Å². The minimum atomic E-state index is -0.0544. The highest BCUT2D eigenvalue weighted by molar-refractivity contribution is 5.82. The molecule has 0 radical (unpaired) electrons. The molecule has 2 heterocycles. The van der Waals surface area contributed by atoms with Crippen LogP contribution in [0.25, 0.3) is 0 Å². The van der Waals surface area contributed by atoms with E-state index < -0.39 is 0 Å². The van der Waals surface area contributed by atoms with Gasteiger partial charge in [-0.05, 0) is 50.4 Å². The molecule has 1 N–H and O–H groups in total. The minimum Gasteiger partial charge on any atom is -0.381 e. The van der Waals surface area contributed by atoms with Gasteiger partial charge < -0.3 is 15.0 Å². The molecule has 5 heteroatoms. The quantitative estimate of drug-likeness (QED) is 0.704. The number of amides is 2. The summed E-state index contributed by atoms with van der Waals surface area (Å²) in [7, 11) is 0. The Kier molecular flexibility index (Phi) is 6.83. The maximum atomic E-state index is 12.8. The topological polar surface area (TPSA) is 58.6 Å². The van der Waals surface area contributed by atoms with Crippen molar-refractivity contribution in [2.75, 3.05) is 26.3 Å². The summed E-state index contributed by atoms with van der Waals surface area (Å²) in [6, 6.07) is 0.0698. The molecule has 3 fully saturated rings. The lowest BCUT2D eigenvalue weighted by molar-refractivity contribution is -0.132. The summed E-state index contributed by atoms with van der Waals surface area (Å²) in [6.07, 6.45) is 8.32. The zero-order chi connectivity index (χ0) is 19.4. The zero-order valence-corrected chi connectivity index (χ0v) is 17.5. The van der Waals surface area contributed by atoms with Crippen molar-refractivity contribution in [3.05, 3.63) is 0 Å². The summed E-state index contributed by atoms with van der Waals surface area (Å²) in [6.45, 7) is 9.70. The average molecular weight is 379 g/mol. The number of carbonyl (C=O) groups excluding carboxylic acids is 2. The van der Waals surface area contributed by atoms with E-state index in [1.807, 2.05) is 4.90 Å². The molecule has 5 nitrogen and oxygen atoms in total. The molecule has 0 aromatic carbocycles. The van der Waals surface area contributed by atoms with Crippen molar-refractivity contribution in [2.24, 2.45) is 23.2 Å². The van der Waals surface area contributed by atoms with Gasteiger partial charge in [-0.1, -0.05) is 27.2 Å². The summed E-state index contributed by atoms with van der Waals surface area (Å²) in [5, 5.41) is 3.23. The maximum absolute atomic E-state index is 12.8. The van der Waals surface area contributed by atoms with Gasteiger partial charge in [-0.25, -0.2) is 0 Å². The molecule has 0 aromatic heterocycles. The van der Waals surface area contributed by atoms with Crippen LogP contribution in [0.15, 0.2) is 0 Å². The summed E-state index contributed by atoms with van der Waals surface area (Å²) in [4.78, 5) is 27.2. The first-order valence-electron chi connectivity index (χ1n) is 11.1. The van der Waals surface area contributed by atoms with E-state index in [-0.39, 0.29) is 23.3 Å². The van der Waals surface area contributed by atoms with E-state index in [1.54, 1.807) is 0 Å². The molecule has 3 atom stereocenters. The fraction of sp³-hybridized carbons (Fsp3) is 0.909. The fourth-order valence-corrected chi connectivity index (χ4v) is 4.87. The van der Waals surface area contributed by atoms with Crippen LogP contribution in [0.2, 0.25) is 0 Å². The number of ether oxygens (including phenoxy) is 1. The lowest BCUT2D eigenvalue weighted by atomic mass is 9.87. The molecular formula is C22H38N2O3. The van der Waals surface area contributed by atoms with Crippen LogP contribution in [0.5, 0.6) is 0 Å². The normalized spacial score (nSPS) is 30.3. The molecule has 27 heavy (non-hydrogen) atoms. The number of nitrogens with zero attached hydrogens (tertiary/aromatic N) is 1. The number of rotatable bonds is 8. The highest BCUT2D eigenvalue weighted by Gasteiger charge is 2.49. The number of hydrogen-bond acceptors (Lipinski definition) is 3. The molecule has 3 aliphatic rings. The fourth-order valence-electron chi connectivity index (χ4n) is 4.87. The van der Waals surface area contributed by atoms with E-state index in [4.69, 9.17) is 4.74 Å². The van der Waals surface area contributed by atoms with Gasteiger partial charge in [0.25, 0.3) is 0 Å². The third kappa shape index (κ3) is 5.46. The van der Waals surface area contributed by atoms with Gasteiger partial charge >= 0.3 is 0 Å². The Bertz CT molecular complexity index is 528. The van der Waals surface area contributed by atoms with Crippen LogP contribution >= 0.6 is 0 Å². The van der Waals surface area contributed by atoms with Crippen LogP contribution in [0.3, 0.4) is 0 Å². The van der Waals surface area contributed by atoms with E-state index >= 15 is 0 Å². The lowest BCUT2D eigenvalue weighted by Gasteiger charge is -2.26. The van der Waals surface area contributed by atoms with E-state index in [9.17, 15) is 9.59 Å². The SMILES string of the molecule is CCC[C@@H]1C[C@H]1C(=O)N1CC(NC(=O)CCCC2CCOCC2)C(C)(C)C1. The number of carbonyl (C=O) groups is 2. The molecular weight excluding hydrogens is 340 g/mol. The standard InChI is InChI=1S/C22H38N2O3/c1-4-6-17-13-18(17)21(26)24-14-19(22(2,3)15-24)23-20(25)8-5-7-16-9-11-27-12-10-16/h16-19H,4-15H2,1-3H3,(H,23,25)/t17-,18-,19?/m1/s1. The summed E-state index contributed by atoms with van der Waals surface area (Å²) < 4.78 is 5.40. The van der Waals surface area contributed by atoms with Crippen LogP contribution < -0.4 is 5.32 Å². The molecule has 2 amide bonds. The first kappa shape index (κ1) is 20.6. The van der Waals surface area contributed by atoms with Gasteiger partial charge in [0, 0.05) is 44.1 Å². The van der Waals surface area contributed by atoms with Gasteiger partial charge in [0.1, 0.15) is 0 Å². The second-order valence-corrected chi connectivity index (χ2v) is 9.67. The molecule has 1 unspecified atom stereocenters. The predicted octanol–water partition coefficient (Wildman–Crippen LogP) is 3.37. The number of hydrogen-bond donors (Lipinski definition) is 1. The monoisotopic (exact) mass is 378 g/mol. The predicted molar refractivity (Wildman–Crippen MR) is 106 cm³/mol. The van der Waals surface area contributed by atoms with E-state index in [0.29, 0.717) is 24.8 Å². The highest BCUT2D eigenvalue weighted by atomic mass is 16.5. The van der Waals surface area contributed by atoms with Crippen molar-refractivity contribution < 1.29 is 14.3 Å². The largest absolute Gasteiger partial charge is 0.381 e. The van der Waals surface area contributed by atoms with Crippen LogP contribution in [-0.4, -0.2) is 49.1 Å². The molecule has 154 valence electrons. The Labute approximate surface area is 164 Å². The molecule has 1 aliphatic carbocycles. The van der Waals surface area contributed by atoms with Crippen LogP contribution in [0.4, 0.5) is 0 Å². The Balaban J connectivity index is 1.41. The molecule has 3 rings (SSSR count). The van der Waals surface area contributed by atoms with E-state index in [0.717, 1.165) is 64.2 Å². The molecule has 2 saturated heterocycles. The Morgan fingerprint density at radius 2 is 1.93 bits per heavy atom. The second kappa shape index (κ2) is 8.93. The highest BCUT2D eigenvalue weighted by Crippen LogP contribution is 2.44. The van der Waals surface area contributed by atoms with Gasteiger partial charge in [-0.3, -0.25) is 9.59 Å². The summed E-state index contributed by atoms with van der Waals surface area (Å²) >= 11 is 0. The smallest absolute Gasteiger partial charge is 0.226 e. The van der Waals surface area contributed by atoms with E-state index in [2.05, 4.69) is 26.1 Å². The maximum Gasteiger partial charge on any atom is 0.226 e. The van der Waals surface area contributed by atoms with Gasteiger partial charge in [-0.2, -0.15) is 0 Å². The molecule has 2 aliphatic heterocycles. The van der Waals surface area contributed by atoms with Crippen molar-refractivity contribution in [3.63, 3.8) is 0 Å². The molecule has 0 spiro atoms. The van der Waals surface area contributed by atoms with Gasteiger partial charge in [0.05, 0.1) is 6.04 Å². The van der Waals surface area contributed by atoms with Crippen molar-refractivity contribution >= 4 is 11.8 Å². The molecule has 0 aromatic rings. The third-order valence-electron chi connectivity index (χ3n) is 6.85. The first-order chi connectivity index (χ1) is 12.9. The van der Waals surface area contributed by atoms with Crippen LogP contribution in [-0.2, 0) is 14.3 Å². The third-order valence-corrected chi connectivity index (χ3v) is 6.85. The van der Waals surface area contributed by atoms with Gasteiger partial charge in [-0.15, -0.1) is 0 Å². The second-order valence-electron chi connectivity index (χ2n) is 9.67. The van der Waals surface area contributed by atoms with Crippen molar-refractivity contribution in [1.82, 2.24) is 10.2 Å². The Morgan fingerprint density at radius 1 is 1.19 bits per heavy atom. The average Bonchev–Trinajstić information content (AvgIpc) is 3.33. The lowest BCUT2D eigenvalue weighted by Crippen LogP contribution is -2.44. The molecule has 1 saturated carbocycles. The van der Waals surface area contributed by atoms with Gasteiger partial charge in [0.2, 0.25) is 11.8 Å². The minimum absolute atomic E-state index is 0.0544. The summed E-state index contributed by atoms with van der Waals surface area (Å²) in [5.74, 6) is 2.03. The number of likely N-dealkylation sites (tertiary alicyclic amines) is 1. The molecule has 0 bridgehead atoms. The van der Waals surface area contributed by atoms with Crippen LogP contribution in [0, 0.1) is 23.2 Å². The summed E-state index contributed by atoms with van der Waals surface area (Å²) in [5.41, 5.74) is -0.0544. The van der Waals surface area contributed by atoms with E-state index in [1.165, 1.54) is 6.42 Å². The van der Waals surface area contributed by atoms with Crippen molar-refractivity contribution in [2.45, 2.75) is 78.2 Å². The Morgan fingerprint density at radius 3 is 2.63 bits per heavy atom. The van der Waals surface area contributed by atoms with Gasteiger partial charge in [0.15, 0.2) is 0 Å². The first-order valence-corrected chi connectivity index (χ1v) is 11.1. The zero-order valence-electron chi connectivity index (χ0n) is 17.5. The Hall–Kier alpha value is -1.10. The van der Waals surface area contributed by atoms with Crippen molar-refractivity contribution in [1.29, 1.82) is 0 Å².